The number of thioether (sulfide) groups is 1. The molecule has 1 unspecified atom stereocenters. The SMILES string of the molecule is COc1ccccc1CNC(=O)C(C)Sc1nccn1-c1ccc(Br)cc1. The molecule has 0 spiro atoms. The zero-order chi connectivity index (χ0) is 19.2. The van der Waals surface area contributed by atoms with E-state index in [1.54, 1.807) is 13.3 Å². The van der Waals surface area contributed by atoms with Crippen LogP contribution in [0.3, 0.4) is 0 Å². The van der Waals surface area contributed by atoms with E-state index in [-0.39, 0.29) is 11.2 Å². The second-order valence-electron chi connectivity index (χ2n) is 5.85. The Morgan fingerprint density at radius 2 is 2.00 bits per heavy atom. The zero-order valence-electron chi connectivity index (χ0n) is 15.1. The quantitative estimate of drug-likeness (QED) is 0.546. The minimum Gasteiger partial charge on any atom is -0.496 e. The van der Waals surface area contributed by atoms with Gasteiger partial charge in [0.15, 0.2) is 5.16 Å². The van der Waals surface area contributed by atoms with Crippen molar-refractivity contribution in [3.63, 3.8) is 0 Å². The number of imidazole rings is 1. The number of nitrogens with zero attached hydrogens (tertiary/aromatic N) is 2. The van der Waals surface area contributed by atoms with Gasteiger partial charge in [-0.05, 0) is 37.3 Å². The van der Waals surface area contributed by atoms with Crippen LogP contribution in [0.2, 0.25) is 0 Å². The van der Waals surface area contributed by atoms with E-state index in [9.17, 15) is 4.79 Å². The minimum atomic E-state index is -0.281. The first-order valence-electron chi connectivity index (χ1n) is 8.44. The van der Waals surface area contributed by atoms with Crippen LogP contribution in [0.25, 0.3) is 5.69 Å². The van der Waals surface area contributed by atoms with Gasteiger partial charge in [0.05, 0.1) is 12.4 Å². The lowest BCUT2D eigenvalue weighted by Crippen LogP contribution is -2.30. The number of ether oxygens (including phenoxy) is 1. The summed E-state index contributed by atoms with van der Waals surface area (Å²) in [5, 5.41) is 3.46. The lowest BCUT2D eigenvalue weighted by Gasteiger charge is -2.14. The van der Waals surface area contributed by atoms with E-state index in [0.29, 0.717) is 6.54 Å². The van der Waals surface area contributed by atoms with Gasteiger partial charge in [0, 0.05) is 34.7 Å². The monoisotopic (exact) mass is 445 g/mol. The molecule has 3 rings (SSSR count). The number of amides is 1. The van der Waals surface area contributed by atoms with Gasteiger partial charge in [-0.2, -0.15) is 0 Å². The summed E-state index contributed by atoms with van der Waals surface area (Å²) in [4.78, 5) is 16.9. The molecular weight excluding hydrogens is 426 g/mol. The second kappa shape index (κ2) is 9.10. The van der Waals surface area contributed by atoms with Gasteiger partial charge in [-0.1, -0.05) is 45.9 Å². The van der Waals surface area contributed by atoms with E-state index in [4.69, 9.17) is 4.74 Å². The third-order valence-electron chi connectivity index (χ3n) is 4.01. The van der Waals surface area contributed by atoms with Crippen molar-refractivity contribution in [3.8, 4) is 11.4 Å². The first-order chi connectivity index (χ1) is 13.1. The van der Waals surface area contributed by atoms with Crippen LogP contribution in [0.5, 0.6) is 5.75 Å². The fraction of sp³-hybridized carbons (Fsp3) is 0.200. The van der Waals surface area contributed by atoms with Gasteiger partial charge >= 0.3 is 0 Å². The number of carbonyl (C=O) groups is 1. The molecule has 1 N–H and O–H groups in total. The van der Waals surface area contributed by atoms with Crippen molar-refractivity contribution >= 4 is 33.6 Å². The molecule has 0 fully saturated rings. The van der Waals surface area contributed by atoms with Crippen LogP contribution in [0, 0.1) is 0 Å². The number of hydrogen-bond acceptors (Lipinski definition) is 4. The van der Waals surface area contributed by atoms with E-state index in [0.717, 1.165) is 26.6 Å². The van der Waals surface area contributed by atoms with Gasteiger partial charge in [0.25, 0.3) is 0 Å². The lowest BCUT2D eigenvalue weighted by molar-refractivity contribution is -0.120. The number of rotatable bonds is 7. The van der Waals surface area contributed by atoms with Crippen LogP contribution in [0.1, 0.15) is 12.5 Å². The normalized spacial score (nSPS) is 11.8. The third kappa shape index (κ3) is 4.93. The summed E-state index contributed by atoms with van der Waals surface area (Å²) in [6.07, 6.45) is 3.63. The van der Waals surface area contributed by atoms with Crippen LogP contribution in [0.4, 0.5) is 0 Å². The Kier molecular flexibility index (Phi) is 6.58. The molecule has 0 aliphatic heterocycles. The van der Waals surface area contributed by atoms with E-state index in [2.05, 4.69) is 26.2 Å². The van der Waals surface area contributed by atoms with Gasteiger partial charge in [-0.15, -0.1) is 0 Å². The third-order valence-corrected chi connectivity index (χ3v) is 5.62. The maximum absolute atomic E-state index is 12.5. The average Bonchev–Trinajstić information content (AvgIpc) is 3.14. The summed E-state index contributed by atoms with van der Waals surface area (Å²) in [6, 6.07) is 15.6. The summed E-state index contributed by atoms with van der Waals surface area (Å²) in [6.45, 7) is 2.30. The predicted molar refractivity (Wildman–Crippen MR) is 111 cm³/mol. The molecule has 0 aliphatic rings. The maximum Gasteiger partial charge on any atom is 0.233 e. The number of nitrogens with one attached hydrogen (secondary N) is 1. The molecule has 7 heteroatoms. The van der Waals surface area contributed by atoms with E-state index >= 15 is 0 Å². The summed E-state index contributed by atoms with van der Waals surface area (Å²) in [7, 11) is 1.63. The highest BCUT2D eigenvalue weighted by Gasteiger charge is 2.18. The molecule has 1 heterocycles. The minimum absolute atomic E-state index is 0.0451. The Labute approximate surface area is 171 Å². The van der Waals surface area contributed by atoms with Crippen LogP contribution in [-0.4, -0.2) is 27.8 Å². The van der Waals surface area contributed by atoms with E-state index in [1.807, 2.05) is 66.2 Å². The summed E-state index contributed by atoms with van der Waals surface area (Å²) >= 11 is 4.87. The van der Waals surface area contributed by atoms with Gasteiger partial charge in [0.1, 0.15) is 5.75 Å². The highest BCUT2D eigenvalue weighted by atomic mass is 79.9. The molecule has 0 bridgehead atoms. The van der Waals surface area contributed by atoms with Gasteiger partial charge in [-0.25, -0.2) is 4.98 Å². The Morgan fingerprint density at radius 3 is 2.74 bits per heavy atom. The second-order valence-corrected chi connectivity index (χ2v) is 8.07. The van der Waals surface area contributed by atoms with Crippen molar-refractivity contribution in [2.75, 3.05) is 7.11 Å². The Morgan fingerprint density at radius 1 is 1.26 bits per heavy atom. The highest BCUT2D eigenvalue weighted by Crippen LogP contribution is 2.25. The van der Waals surface area contributed by atoms with Crippen molar-refractivity contribution in [1.29, 1.82) is 0 Å². The van der Waals surface area contributed by atoms with E-state index < -0.39 is 0 Å². The number of aromatic nitrogens is 2. The summed E-state index contributed by atoms with van der Waals surface area (Å²) < 4.78 is 8.31. The van der Waals surface area contributed by atoms with Crippen LogP contribution in [0.15, 0.2) is 70.6 Å². The van der Waals surface area contributed by atoms with Crippen molar-refractivity contribution < 1.29 is 9.53 Å². The zero-order valence-corrected chi connectivity index (χ0v) is 17.5. The molecule has 1 amide bonds. The van der Waals surface area contributed by atoms with Crippen LogP contribution >= 0.6 is 27.7 Å². The number of methoxy groups -OCH3 is 1. The van der Waals surface area contributed by atoms with Crippen LogP contribution in [-0.2, 0) is 11.3 Å². The van der Waals surface area contributed by atoms with Crippen molar-refractivity contribution in [2.45, 2.75) is 23.9 Å². The molecule has 0 saturated carbocycles. The van der Waals surface area contributed by atoms with Crippen molar-refractivity contribution in [2.24, 2.45) is 0 Å². The average molecular weight is 446 g/mol. The lowest BCUT2D eigenvalue weighted by atomic mass is 10.2. The smallest absolute Gasteiger partial charge is 0.233 e. The molecule has 0 saturated heterocycles. The standard InChI is InChI=1S/C20H20BrN3O2S/c1-14(19(25)23-13-15-5-3-4-6-18(15)26-2)27-20-22-11-12-24(20)17-9-7-16(21)8-10-17/h3-12,14H,13H2,1-2H3,(H,23,25). The number of para-hydroxylation sites is 1. The largest absolute Gasteiger partial charge is 0.496 e. The molecule has 140 valence electrons. The molecule has 5 nitrogen and oxygen atoms in total. The predicted octanol–water partition coefficient (Wildman–Crippen LogP) is 4.44. The Hall–Kier alpha value is -2.25. The summed E-state index contributed by atoms with van der Waals surface area (Å²) in [5.74, 6) is 0.722. The van der Waals surface area contributed by atoms with Crippen LogP contribution < -0.4 is 10.1 Å². The first kappa shape index (κ1) is 19.5. The van der Waals surface area contributed by atoms with Crippen molar-refractivity contribution in [1.82, 2.24) is 14.9 Å². The van der Waals surface area contributed by atoms with Gasteiger partial charge in [0.2, 0.25) is 5.91 Å². The fourth-order valence-corrected chi connectivity index (χ4v) is 3.73. The molecule has 3 aromatic rings. The topological polar surface area (TPSA) is 56.1 Å². The molecule has 27 heavy (non-hydrogen) atoms. The Balaban J connectivity index is 1.64. The molecule has 0 aliphatic carbocycles. The van der Waals surface area contributed by atoms with Crippen molar-refractivity contribution in [3.05, 3.63) is 71.0 Å². The molecule has 0 radical (unpaired) electrons. The maximum atomic E-state index is 12.5. The fourth-order valence-electron chi connectivity index (χ4n) is 2.56. The summed E-state index contributed by atoms with van der Waals surface area (Å²) in [5.41, 5.74) is 1.95. The number of carbonyl (C=O) groups excluding carboxylic acids is 1. The first-order valence-corrected chi connectivity index (χ1v) is 10.1. The molecular formula is C20H20BrN3O2S. The Bertz CT molecular complexity index is 912. The number of hydrogen-bond donors (Lipinski definition) is 1. The van der Waals surface area contributed by atoms with Gasteiger partial charge in [-0.3, -0.25) is 9.36 Å². The molecule has 1 atom stereocenters. The molecule has 2 aromatic carbocycles. The molecule has 1 aromatic heterocycles. The number of halogens is 1. The van der Waals surface area contributed by atoms with E-state index in [1.165, 1.54) is 11.8 Å². The number of benzene rings is 2. The highest BCUT2D eigenvalue weighted by molar-refractivity contribution is 9.10. The van der Waals surface area contributed by atoms with Gasteiger partial charge < -0.3 is 10.1 Å².